The molecule has 72 valence electrons. The van der Waals surface area contributed by atoms with Gasteiger partial charge in [0.05, 0.1) is 0 Å². The van der Waals surface area contributed by atoms with Crippen molar-refractivity contribution in [3.8, 4) is 0 Å². The molecular formula is C11H14BrCl. The van der Waals surface area contributed by atoms with Crippen molar-refractivity contribution in [3.63, 3.8) is 0 Å². The molecule has 0 aliphatic heterocycles. The van der Waals surface area contributed by atoms with Crippen LogP contribution in [0.5, 0.6) is 0 Å². The fourth-order valence-electron chi connectivity index (χ4n) is 1.33. The molecule has 0 saturated heterocycles. The molecule has 0 nitrogen and oxygen atoms in total. The topological polar surface area (TPSA) is 0 Å². The van der Waals surface area contributed by atoms with Gasteiger partial charge in [0.2, 0.25) is 0 Å². The second kappa shape index (κ2) is 5.66. The summed E-state index contributed by atoms with van der Waals surface area (Å²) in [6.07, 6.45) is 2.27. The molecule has 0 aliphatic rings. The van der Waals surface area contributed by atoms with Gasteiger partial charge in [-0.25, -0.2) is 0 Å². The lowest BCUT2D eigenvalue weighted by molar-refractivity contribution is 0.567. The molecule has 0 aliphatic carbocycles. The highest BCUT2D eigenvalue weighted by molar-refractivity contribution is 9.09. The van der Waals surface area contributed by atoms with Gasteiger partial charge in [-0.2, -0.15) is 0 Å². The monoisotopic (exact) mass is 260 g/mol. The number of alkyl halides is 1. The van der Waals surface area contributed by atoms with E-state index in [4.69, 9.17) is 11.6 Å². The lowest BCUT2D eigenvalue weighted by atomic mass is 9.99. The van der Waals surface area contributed by atoms with Gasteiger partial charge in [0, 0.05) is 10.4 Å². The van der Waals surface area contributed by atoms with Crippen LogP contribution in [0.1, 0.15) is 18.9 Å². The van der Waals surface area contributed by atoms with Gasteiger partial charge >= 0.3 is 0 Å². The van der Waals surface area contributed by atoms with Crippen molar-refractivity contribution >= 4 is 27.5 Å². The van der Waals surface area contributed by atoms with Gasteiger partial charge in [-0.05, 0) is 30.4 Å². The summed E-state index contributed by atoms with van der Waals surface area (Å²) in [5.41, 5.74) is 1.26. The quantitative estimate of drug-likeness (QED) is 0.709. The summed E-state index contributed by atoms with van der Waals surface area (Å²) in [6, 6.07) is 8.08. The second-order valence-electron chi connectivity index (χ2n) is 3.38. The van der Waals surface area contributed by atoms with Crippen LogP contribution in [0.25, 0.3) is 0 Å². The lowest BCUT2D eigenvalue weighted by Crippen LogP contribution is -2.00. The van der Waals surface area contributed by atoms with Crippen LogP contribution >= 0.6 is 27.5 Å². The molecule has 0 spiro atoms. The summed E-state index contributed by atoms with van der Waals surface area (Å²) in [5.74, 6) is 0.694. The second-order valence-corrected chi connectivity index (χ2v) is 4.58. The summed E-state index contributed by atoms with van der Waals surface area (Å²) in [5, 5.41) is 1.96. The Hall–Kier alpha value is -0.0100. The van der Waals surface area contributed by atoms with E-state index in [0.29, 0.717) is 5.92 Å². The number of benzene rings is 1. The fourth-order valence-corrected chi connectivity index (χ4v) is 2.32. The zero-order chi connectivity index (χ0) is 9.68. The van der Waals surface area contributed by atoms with E-state index in [2.05, 4.69) is 28.9 Å². The first-order valence-electron chi connectivity index (χ1n) is 4.53. The molecule has 0 bridgehead atoms. The van der Waals surface area contributed by atoms with E-state index in [9.17, 15) is 0 Å². The van der Waals surface area contributed by atoms with Crippen molar-refractivity contribution in [1.82, 2.24) is 0 Å². The lowest BCUT2D eigenvalue weighted by Gasteiger charge is -2.10. The van der Waals surface area contributed by atoms with Crippen molar-refractivity contribution in [3.05, 3.63) is 34.9 Å². The molecule has 1 aromatic carbocycles. The largest absolute Gasteiger partial charge is 0.0928 e. The SMILES string of the molecule is CC(CCBr)Cc1ccccc1Cl. The Balaban J connectivity index is 2.58. The minimum atomic E-state index is 0.694. The van der Waals surface area contributed by atoms with Gasteiger partial charge in [0.25, 0.3) is 0 Å². The van der Waals surface area contributed by atoms with E-state index in [1.165, 1.54) is 12.0 Å². The van der Waals surface area contributed by atoms with Crippen LogP contribution < -0.4 is 0 Å². The van der Waals surface area contributed by atoms with Crippen LogP contribution in [0.15, 0.2) is 24.3 Å². The van der Waals surface area contributed by atoms with E-state index < -0.39 is 0 Å². The van der Waals surface area contributed by atoms with E-state index in [1.807, 2.05) is 18.2 Å². The van der Waals surface area contributed by atoms with Crippen LogP contribution in [-0.2, 0) is 6.42 Å². The Morgan fingerprint density at radius 3 is 2.69 bits per heavy atom. The number of halogens is 2. The molecular weight excluding hydrogens is 247 g/mol. The molecule has 0 fully saturated rings. The first-order chi connectivity index (χ1) is 6.24. The highest BCUT2D eigenvalue weighted by Crippen LogP contribution is 2.20. The molecule has 0 N–H and O–H groups in total. The van der Waals surface area contributed by atoms with Gasteiger partial charge in [-0.1, -0.05) is 52.7 Å². The molecule has 1 aromatic rings. The third-order valence-electron chi connectivity index (χ3n) is 2.13. The van der Waals surface area contributed by atoms with Crippen LogP contribution in [-0.4, -0.2) is 5.33 Å². The Morgan fingerprint density at radius 2 is 2.08 bits per heavy atom. The van der Waals surface area contributed by atoms with E-state index in [1.54, 1.807) is 0 Å². The Bertz CT molecular complexity index is 260. The first kappa shape index (κ1) is 11.1. The Kier molecular flexibility index (Phi) is 4.82. The van der Waals surface area contributed by atoms with Crippen molar-refractivity contribution < 1.29 is 0 Å². The summed E-state index contributed by atoms with van der Waals surface area (Å²) >= 11 is 9.51. The number of hydrogen-bond donors (Lipinski definition) is 0. The highest BCUT2D eigenvalue weighted by Gasteiger charge is 2.05. The summed E-state index contributed by atoms with van der Waals surface area (Å²) in [4.78, 5) is 0. The molecule has 1 atom stereocenters. The maximum absolute atomic E-state index is 6.06. The van der Waals surface area contributed by atoms with Crippen LogP contribution in [0.3, 0.4) is 0 Å². The Morgan fingerprint density at radius 1 is 1.38 bits per heavy atom. The van der Waals surface area contributed by atoms with E-state index in [-0.39, 0.29) is 0 Å². The fraction of sp³-hybridized carbons (Fsp3) is 0.455. The smallest absolute Gasteiger partial charge is 0.0438 e. The molecule has 1 unspecified atom stereocenters. The van der Waals surface area contributed by atoms with Crippen molar-refractivity contribution in [2.45, 2.75) is 19.8 Å². The predicted octanol–water partition coefficient (Wildman–Crippen LogP) is 4.30. The predicted molar refractivity (Wildman–Crippen MR) is 62.7 cm³/mol. The van der Waals surface area contributed by atoms with Crippen LogP contribution in [0.2, 0.25) is 5.02 Å². The molecule has 13 heavy (non-hydrogen) atoms. The minimum absolute atomic E-state index is 0.694. The summed E-state index contributed by atoms with van der Waals surface area (Å²) in [6.45, 7) is 2.25. The maximum atomic E-state index is 6.06. The van der Waals surface area contributed by atoms with Crippen LogP contribution in [0, 0.1) is 5.92 Å². The first-order valence-corrected chi connectivity index (χ1v) is 6.03. The Labute approximate surface area is 93.4 Å². The van der Waals surface area contributed by atoms with Gasteiger partial charge in [0.15, 0.2) is 0 Å². The van der Waals surface area contributed by atoms with Crippen molar-refractivity contribution in [2.75, 3.05) is 5.33 Å². The van der Waals surface area contributed by atoms with E-state index in [0.717, 1.165) is 16.8 Å². The van der Waals surface area contributed by atoms with Gasteiger partial charge in [-0.15, -0.1) is 0 Å². The maximum Gasteiger partial charge on any atom is 0.0438 e. The van der Waals surface area contributed by atoms with Crippen molar-refractivity contribution in [1.29, 1.82) is 0 Å². The van der Waals surface area contributed by atoms with Gasteiger partial charge in [-0.3, -0.25) is 0 Å². The van der Waals surface area contributed by atoms with Crippen molar-refractivity contribution in [2.24, 2.45) is 5.92 Å². The molecule has 0 amide bonds. The third kappa shape index (κ3) is 3.70. The zero-order valence-electron chi connectivity index (χ0n) is 7.76. The summed E-state index contributed by atoms with van der Waals surface area (Å²) < 4.78 is 0. The minimum Gasteiger partial charge on any atom is -0.0928 e. The number of hydrogen-bond acceptors (Lipinski definition) is 0. The number of rotatable bonds is 4. The van der Waals surface area contributed by atoms with Crippen LogP contribution in [0.4, 0.5) is 0 Å². The molecule has 0 saturated carbocycles. The van der Waals surface area contributed by atoms with E-state index >= 15 is 0 Å². The molecule has 0 heterocycles. The standard InChI is InChI=1S/C11H14BrCl/c1-9(6-7-12)8-10-4-2-3-5-11(10)13/h2-5,9H,6-8H2,1H3. The molecule has 0 aromatic heterocycles. The average molecular weight is 262 g/mol. The molecule has 1 rings (SSSR count). The zero-order valence-corrected chi connectivity index (χ0v) is 10.1. The normalized spacial score (nSPS) is 12.8. The molecule has 0 radical (unpaired) electrons. The summed E-state index contributed by atoms with van der Waals surface area (Å²) in [7, 11) is 0. The van der Waals surface area contributed by atoms with Gasteiger partial charge in [0.1, 0.15) is 0 Å². The average Bonchev–Trinajstić information content (AvgIpc) is 2.09. The highest BCUT2D eigenvalue weighted by atomic mass is 79.9. The third-order valence-corrected chi connectivity index (χ3v) is 2.95. The van der Waals surface area contributed by atoms with Gasteiger partial charge < -0.3 is 0 Å². The molecule has 2 heteroatoms.